The van der Waals surface area contributed by atoms with Crippen molar-refractivity contribution in [2.75, 3.05) is 0 Å². The molecule has 0 bridgehead atoms. The van der Waals surface area contributed by atoms with Gasteiger partial charge in [0.1, 0.15) is 5.82 Å². The summed E-state index contributed by atoms with van der Waals surface area (Å²) in [5.41, 5.74) is 4.51. The highest BCUT2D eigenvalue weighted by Crippen LogP contribution is 2.30. The number of aromatic nitrogens is 4. The van der Waals surface area contributed by atoms with Crippen LogP contribution in [0.5, 0.6) is 0 Å². The Morgan fingerprint density at radius 2 is 2.24 bits per heavy atom. The summed E-state index contributed by atoms with van der Waals surface area (Å²) in [5.74, 6) is 1.01. The van der Waals surface area contributed by atoms with E-state index in [0.717, 1.165) is 41.4 Å². The Morgan fingerprint density at radius 1 is 1.40 bits per heavy atom. The van der Waals surface area contributed by atoms with Crippen LogP contribution in [0.3, 0.4) is 0 Å². The van der Waals surface area contributed by atoms with Crippen molar-refractivity contribution in [1.29, 1.82) is 0 Å². The highest BCUT2D eigenvalue weighted by atomic mass is 16.5. The molecule has 4 heterocycles. The summed E-state index contributed by atoms with van der Waals surface area (Å²) in [5, 5.41) is 10.3. The lowest BCUT2D eigenvalue weighted by atomic mass is 9.99. The number of carbonyl (C=O) groups is 1. The number of carbonyl (C=O) groups excluding carboxylic acids is 1. The zero-order valence-electron chi connectivity index (χ0n) is 15.1. The van der Waals surface area contributed by atoms with E-state index in [4.69, 9.17) is 4.74 Å². The average molecular weight is 343 g/mol. The third-order valence-corrected chi connectivity index (χ3v) is 5.25. The van der Waals surface area contributed by atoms with Crippen LogP contribution in [-0.2, 0) is 30.7 Å². The molecule has 0 unspecified atom stereocenters. The first-order chi connectivity index (χ1) is 12.0. The van der Waals surface area contributed by atoms with Gasteiger partial charge in [-0.2, -0.15) is 5.10 Å². The summed E-state index contributed by atoms with van der Waals surface area (Å²) in [6.45, 7) is 7.50. The topological polar surface area (TPSA) is 84.8 Å². The molecule has 0 aromatic carbocycles. The van der Waals surface area contributed by atoms with Crippen molar-refractivity contribution < 1.29 is 9.53 Å². The standard InChI is InChI=1S/C18H25N5O2/c1-10-8-13-16(12(3)25-10)21-22-17(13)18(24)19-9-14-11(2)20-15-6-4-5-7-23(14)15/h10,12H,4-9H2,1-3H3,(H,19,24)(H,21,22)/t10-,12+/m1/s1. The number of hydrogen-bond acceptors (Lipinski definition) is 4. The van der Waals surface area contributed by atoms with E-state index < -0.39 is 0 Å². The van der Waals surface area contributed by atoms with Crippen molar-refractivity contribution in [2.45, 2.75) is 71.8 Å². The Balaban J connectivity index is 1.52. The summed E-state index contributed by atoms with van der Waals surface area (Å²) < 4.78 is 8.05. The number of ether oxygens (including phenoxy) is 1. The van der Waals surface area contributed by atoms with Gasteiger partial charge >= 0.3 is 0 Å². The molecule has 2 aromatic rings. The Hall–Kier alpha value is -2.15. The molecule has 7 nitrogen and oxygen atoms in total. The number of aryl methyl sites for hydroxylation is 2. The first-order valence-corrected chi connectivity index (χ1v) is 9.10. The quantitative estimate of drug-likeness (QED) is 0.895. The SMILES string of the molecule is Cc1nc2n(c1CNC(=O)c1n[nH]c3c1C[C@@H](C)O[C@H]3C)CCCC2. The van der Waals surface area contributed by atoms with Crippen LogP contribution in [0.15, 0.2) is 0 Å². The number of amides is 1. The van der Waals surface area contributed by atoms with Crippen molar-refractivity contribution in [1.82, 2.24) is 25.1 Å². The number of nitrogens with one attached hydrogen (secondary N) is 2. The van der Waals surface area contributed by atoms with Crippen molar-refractivity contribution in [3.63, 3.8) is 0 Å². The molecule has 134 valence electrons. The summed E-state index contributed by atoms with van der Waals surface area (Å²) in [7, 11) is 0. The minimum Gasteiger partial charge on any atom is -0.369 e. The second kappa shape index (κ2) is 6.29. The molecule has 0 fully saturated rings. The van der Waals surface area contributed by atoms with Crippen LogP contribution in [-0.4, -0.2) is 31.8 Å². The fourth-order valence-corrected chi connectivity index (χ4v) is 4.01. The third-order valence-electron chi connectivity index (χ3n) is 5.25. The van der Waals surface area contributed by atoms with Crippen LogP contribution >= 0.6 is 0 Å². The second-order valence-corrected chi connectivity index (χ2v) is 7.11. The fraction of sp³-hybridized carbons (Fsp3) is 0.611. The molecule has 1 amide bonds. The highest BCUT2D eigenvalue weighted by Gasteiger charge is 2.29. The lowest BCUT2D eigenvalue weighted by Gasteiger charge is -2.25. The Labute approximate surface area is 147 Å². The molecule has 25 heavy (non-hydrogen) atoms. The molecule has 2 atom stereocenters. The number of hydrogen-bond donors (Lipinski definition) is 2. The Morgan fingerprint density at radius 3 is 3.08 bits per heavy atom. The first kappa shape index (κ1) is 16.3. The van der Waals surface area contributed by atoms with Crippen LogP contribution in [0.1, 0.15) is 71.8 Å². The van der Waals surface area contributed by atoms with Gasteiger partial charge in [0.2, 0.25) is 0 Å². The summed E-state index contributed by atoms with van der Waals surface area (Å²) in [6, 6.07) is 0. The molecule has 0 saturated heterocycles. The Kier molecular flexibility index (Phi) is 4.11. The van der Waals surface area contributed by atoms with E-state index in [9.17, 15) is 4.79 Å². The number of nitrogens with zero attached hydrogens (tertiary/aromatic N) is 3. The van der Waals surface area contributed by atoms with Crippen LogP contribution in [0, 0.1) is 6.92 Å². The van der Waals surface area contributed by atoms with Gasteiger partial charge in [0.15, 0.2) is 5.69 Å². The zero-order valence-corrected chi connectivity index (χ0v) is 15.1. The molecule has 0 aliphatic carbocycles. The van der Waals surface area contributed by atoms with E-state index in [0.29, 0.717) is 18.7 Å². The summed E-state index contributed by atoms with van der Waals surface area (Å²) in [4.78, 5) is 17.4. The smallest absolute Gasteiger partial charge is 0.272 e. The first-order valence-electron chi connectivity index (χ1n) is 9.10. The van der Waals surface area contributed by atoms with Gasteiger partial charge in [-0.15, -0.1) is 0 Å². The highest BCUT2D eigenvalue weighted by molar-refractivity contribution is 5.94. The van der Waals surface area contributed by atoms with Crippen LogP contribution < -0.4 is 5.32 Å². The molecule has 2 N–H and O–H groups in total. The number of H-pyrrole nitrogens is 1. The van der Waals surface area contributed by atoms with E-state index in [1.807, 2.05) is 20.8 Å². The average Bonchev–Trinajstić information content (AvgIpc) is 3.13. The third kappa shape index (κ3) is 2.86. The normalized spacial score (nSPS) is 22.4. The van der Waals surface area contributed by atoms with Crippen LogP contribution in [0.2, 0.25) is 0 Å². The van der Waals surface area contributed by atoms with Gasteiger partial charge in [0.25, 0.3) is 5.91 Å². The molecule has 7 heteroatoms. The lowest BCUT2D eigenvalue weighted by Crippen LogP contribution is -2.28. The molecule has 0 saturated carbocycles. The van der Waals surface area contributed by atoms with Gasteiger partial charge < -0.3 is 14.6 Å². The molecular weight excluding hydrogens is 318 g/mol. The van der Waals surface area contributed by atoms with Gasteiger partial charge in [-0.1, -0.05) is 0 Å². The van der Waals surface area contributed by atoms with Crippen molar-refractivity contribution in [2.24, 2.45) is 0 Å². The predicted molar refractivity (Wildman–Crippen MR) is 92.3 cm³/mol. The van der Waals surface area contributed by atoms with Crippen molar-refractivity contribution in [3.8, 4) is 0 Å². The molecule has 2 aromatic heterocycles. The molecule has 2 aliphatic heterocycles. The molecule has 4 rings (SSSR count). The monoisotopic (exact) mass is 343 g/mol. The summed E-state index contributed by atoms with van der Waals surface area (Å²) in [6.07, 6.45) is 4.14. The Bertz CT molecular complexity index is 807. The molecule has 0 radical (unpaired) electrons. The van der Waals surface area contributed by atoms with E-state index in [1.165, 1.54) is 12.8 Å². The lowest BCUT2D eigenvalue weighted by molar-refractivity contribution is -0.00697. The maximum atomic E-state index is 12.7. The number of fused-ring (bicyclic) bond motifs is 2. The fourth-order valence-electron chi connectivity index (χ4n) is 4.01. The number of aromatic amines is 1. The van der Waals surface area contributed by atoms with Gasteiger partial charge in [0, 0.05) is 24.9 Å². The van der Waals surface area contributed by atoms with Crippen molar-refractivity contribution in [3.05, 3.63) is 34.2 Å². The maximum absolute atomic E-state index is 12.7. The summed E-state index contributed by atoms with van der Waals surface area (Å²) >= 11 is 0. The number of imidazole rings is 1. The van der Waals surface area contributed by atoms with Gasteiger partial charge in [-0.05, 0) is 33.6 Å². The van der Waals surface area contributed by atoms with E-state index in [1.54, 1.807) is 0 Å². The zero-order chi connectivity index (χ0) is 17.6. The van der Waals surface area contributed by atoms with E-state index in [-0.39, 0.29) is 18.1 Å². The van der Waals surface area contributed by atoms with Crippen molar-refractivity contribution >= 4 is 5.91 Å². The van der Waals surface area contributed by atoms with E-state index in [2.05, 4.69) is 25.1 Å². The minimum absolute atomic E-state index is 0.0584. The maximum Gasteiger partial charge on any atom is 0.272 e. The molecule has 0 spiro atoms. The largest absolute Gasteiger partial charge is 0.369 e. The second-order valence-electron chi connectivity index (χ2n) is 7.11. The minimum atomic E-state index is -0.135. The molecular formula is C18H25N5O2. The number of rotatable bonds is 3. The predicted octanol–water partition coefficient (Wildman–Crippen LogP) is 2.20. The van der Waals surface area contributed by atoms with Crippen LogP contribution in [0.4, 0.5) is 0 Å². The van der Waals surface area contributed by atoms with Gasteiger partial charge in [0.05, 0.1) is 35.8 Å². The van der Waals surface area contributed by atoms with Crippen LogP contribution in [0.25, 0.3) is 0 Å². The van der Waals surface area contributed by atoms with Gasteiger partial charge in [-0.25, -0.2) is 4.98 Å². The van der Waals surface area contributed by atoms with Gasteiger partial charge in [-0.3, -0.25) is 9.89 Å². The molecule has 2 aliphatic rings. The van der Waals surface area contributed by atoms with E-state index >= 15 is 0 Å².